The second kappa shape index (κ2) is 5.86. The monoisotopic (exact) mass is 244 g/mol. The van der Waals surface area contributed by atoms with E-state index in [4.69, 9.17) is 10.5 Å². The largest absolute Gasteiger partial charge is 0.494 e. The van der Waals surface area contributed by atoms with Crippen LogP contribution < -0.4 is 15.8 Å². The molecule has 0 fully saturated rings. The lowest BCUT2D eigenvalue weighted by Gasteiger charge is -2.07. The van der Waals surface area contributed by atoms with Crippen molar-refractivity contribution < 1.29 is 4.74 Å². The van der Waals surface area contributed by atoms with Crippen molar-refractivity contribution in [1.29, 1.82) is 0 Å². The van der Waals surface area contributed by atoms with Gasteiger partial charge in [0.1, 0.15) is 5.75 Å². The molecule has 0 saturated carbocycles. The van der Waals surface area contributed by atoms with Gasteiger partial charge in [-0.25, -0.2) is 9.97 Å². The van der Waals surface area contributed by atoms with Crippen molar-refractivity contribution in [2.24, 2.45) is 0 Å². The number of nitrogens with one attached hydrogen (secondary N) is 1. The van der Waals surface area contributed by atoms with Crippen LogP contribution in [-0.2, 0) is 0 Å². The third-order valence-electron chi connectivity index (χ3n) is 2.26. The molecule has 1 aromatic heterocycles. The van der Waals surface area contributed by atoms with Gasteiger partial charge in [-0.05, 0) is 30.7 Å². The first-order chi connectivity index (χ1) is 8.78. The molecule has 2 aromatic rings. The number of nitrogen functional groups attached to an aromatic ring is 1. The number of ether oxygens (including phenoxy) is 1. The summed E-state index contributed by atoms with van der Waals surface area (Å²) < 4.78 is 5.50. The number of rotatable bonds is 5. The smallest absolute Gasteiger partial charge is 0.227 e. The van der Waals surface area contributed by atoms with Gasteiger partial charge in [-0.15, -0.1) is 0 Å². The molecular weight excluding hydrogens is 228 g/mol. The zero-order chi connectivity index (χ0) is 12.8. The van der Waals surface area contributed by atoms with E-state index in [1.165, 1.54) is 0 Å². The van der Waals surface area contributed by atoms with Crippen molar-refractivity contribution in [3.05, 3.63) is 36.7 Å². The van der Waals surface area contributed by atoms with Gasteiger partial charge in [-0.3, -0.25) is 0 Å². The Hall–Kier alpha value is -2.30. The number of hydrogen-bond donors (Lipinski definition) is 2. The van der Waals surface area contributed by atoms with E-state index in [0.29, 0.717) is 11.6 Å². The quantitative estimate of drug-likeness (QED) is 0.845. The van der Waals surface area contributed by atoms with Gasteiger partial charge in [0.15, 0.2) is 0 Å². The summed E-state index contributed by atoms with van der Waals surface area (Å²) in [5.41, 5.74) is 6.97. The highest BCUT2D eigenvalue weighted by atomic mass is 16.5. The van der Waals surface area contributed by atoms with Crippen molar-refractivity contribution in [3.63, 3.8) is 0 Å². The molecule has 0 aliphatic rings. The number of hydrogen-bond acceptors (Lipinski definition) is 5. The fraction of sp³-hybridized carbons (Fsp3) is 0.231. The Morgan fingerprint density at radius 1 is 1.17 bits per heavy atom. The van der Waals surface area contributed by atoms with Crippen LogP contribution in [0.2, 0.25) is 0 Å². The molecule has 18 heavy (non-hydrogen) atoms. The highest BCUT2D eigenvalue weighted by Crippen LogP contribution is 2.18. The summed E-state index contributed by atoms with van der Waals surface area (Å²) in [6.07, 6.45) is 4.13. The minimum Gasteiger partial charge on any atom is -0.494 e. The third-order valence-corrected chi connectivity index (χ3v) is 2.26. The second-order valence-corrected chi connectivity index (χ2v) is 3.84. The summed E-state index contributed by atoms with van der Waals surface area (Å²) in [6, 6.07) is 7.67. The topological polar surface area (TPSA) is 73.1 Å². The second-order valence-electron chi connectivity index (χ2n) is 3.84. The van der Waals surface area contributed by atoms with E-state index >= 15 is 0 Å². The Labute approximate surface area is 106 Å². The molecule has 0 unspecified atom stereocenters. The number of anilines is 3. The predicted molar refractivity (Wildman–Crippen MR) is 72.0 cm³/mol. The van der Waals surface area contributed by atoms with Crippen LogP contribution in [0, 0.1) is 0 Å². The average molecular weight is 244 g/mol. The first kappa shape index (κ1) is 12.2. The lowest BCUT2D eigenvalue weighted by atomic mass is 10.3. The lowest BCUT2D eigenvalue weighted by Crippen LogP contribution is -1.98. The molecule has 0 atom stereocenters. The van der Waals surface area contributed by atoms with E-state index in [1.54, 1.807) is 12.4 Å². The van der Waals surface area contributed by atoms with Crippen LogP contribution >= 0.6 is 0 Å². The number of nitrogens with two attached hydrogens (primary N) is 1. The fourth-order valence-corrected chi connectivity index (χ4v) is 1.39. The zero-order valence-electron chi connectivity index (χ0n) is 10.3. The highest BCUT2D eigenvalue weighted by molar-refractivity contribution is 5.54. The van der Waals surface area contributed by atoms with Crippen LogP contribution in [0.1, 0.15) is 13.3 Å². The third kappa shape index (κ3) is 3.35. The minimum absolute atomic E-state index is 0.520. The predicted octanol–water partition coefficient (Wildman–Crippen LogP) is 2.59. The minimum atomic E-state index is 0.520. The van der Waals surface area contributed by atoms with Crippen molar-refractivity contribution in [2.75, 3.05) is 17.7 Å². The summed E-state index contributed by atoms with van der Waals surface area (Å²) in [5.74, 6) is 1.38. The molecule has 0 saturated heterocycles. The van der Waals surface area contributed by atoms with Crippen molar-refractivity contribution >= 4 is 17.3 Å². The highest BCUT2D eigenvalue weighted by Gasteiger charge is 1.98. The maximum atomic E-state index is 5.52. The van der Waals surface area contributed by atoms with Crippen LogP contribution in [0.4, 0.5) is 17.3 Å². The van der Waals surface area contributed by atoms with Gasteiger partial charge in [0.25, 0.3) is 0 Å². The van der Waals surface area contributed by atoms with Gasteiger partial charge in [-0.1, -0.05) is 6.92 Å². The Morgan fingerprint density at radius 2 is 1.83 bits per heavy atom. The number of aromatic nitrogens is 2. The van der Waals surface area contributed by atoms with Crippen LogP contribution in [0.15, 0.2) is 36.7 Å². The molecule has 0 amide bonds. The van der Waals surface area contributed by atoms with Crippen molar-refractivity contribution in [3.8, 4) is 5.75 Å². The lowest BCUT2D eigenvalue weighted by molar-refractivity contribution is 0.317. The first-order valence-electron chi connectivity index (χ1n) is 5.85. The molecule has 5 nitrogen and oxygen atoms in total. The molecule has 94 valence electrons. The van der Waals surface area contributed by atoms with E-state index < -0.39 is 0 Å². The maximum absolute atomic E-state index is 5.52. The van der Waals surface area contributed by atoms with Gasteiger partial charge in [0, 0.05) is 5.69 Å². The van der Waals surface area contributed by atoms with E-state index in [9.17, 15) is 0 Å². The zero-order valence-corrected chi connectivity index (χ0v) is 10.3. The average Bonchev–Trinajstić information content (AvgIpc) is 2.41. The van der Waals surface area contributed by atoms with Gasteiger partial charge in [-0.2, -0.15) is 0 Å². The Kier molecular flexibility index (Phi) is 3.96. The van der Waals surface area contributed by atoms with E-state index in [1.807, 2.05) is 24.3 Å². The SMILES string of the molecule is CCCOc1ccc(Nc2ncc(N)cn2)cc1. The molecule has 0 bridgehead atoms. The maximum Gasteiger partial charge on any atom is 0.227 e. The van der Waals surface area contributed by atoms with Crippen molar-refractivity contribution in [1.82, 2.24) is 9.97 Å². The molecule has 1 heterocycles. The molecule has 2 rings (SSSR count). The standard InChI is InChI=1S/C13H16N4O/c1-2-7-18-12-5-3-11(4-6-12)17-13-15-8-10(14)9-16-13/h3-6,8-9H,2,7,14H2,1H3,(H,15,16,17). The molecule has 0 aliphatic heterocycles. The molecule has 5 heteroatoms. The number of nitrogens with zero attached hydrogens (tertiary/aromatic N) is 2. The molecule has 0 radical (unpaired) electrons. The summed E-state index contributed by atoms with van der Waals surface area (Å²) >= 11 is 0. The molecule has 3 N–H and O–H groups in total. The molecule has 1 aromatic carbocycles. The molecule has 0 aliphatic carbocycles. The Bertz CT molecular complexity index is 481. The first-order valence-corrected chi connectivity index (χ1v) is 5.85. The van der Waals surface area contributed by atoms with Crippen LogP contribution in [0.25, 0.3) is 0 Å². The van der Waals surface area contributed by atoms with Gasteiger partial charge < -0.3 is 15.8 Å². The van der Waals surface area contributed by atoms with Gasteiger partial charge in [0.05, 0.1) is 24.7 Å². The van der Waals surface area contributed by atoms with Gasteiger partial charge >= 0.3 is 0 Å². The van der Waals surface area contributed by atoms with Gasteiger partial charge in [0.2, 0.25) is 5.95 Å². The van der Waals surface area contributed by atoms with Crippen LogP contribution in [-0.4, -0.2) is 16.6 Å². The fourth-order valence-electron chi connectivity index (χ4n) is 1.39. The normalized spacial score (nSPS) is 10.1. The van der Waals surface area contributed by atoms with Crippen molar-refractivity contribution in [2.45, 2.75) is 13.3 Å². The summed E-state index contributed by atoms with van der Waals surface area (Å²) in [5, 5.41) is 3.08. The summed E-state index contributed by atoms with van der Waals surface area (Å²) in [7, 11) is 0. The number of benzene rings is 1. The Balaban J connectivity index is 1.99. The summed E-state index contributed by atoms with van der Waals surface area (Å²) in [6.45, 7) is 2.81. The Morgan fingerprint density at radius 3 is 2.44 bits per heavy atom. The molecule has 0 spiro atoms. The van der Waals surface area contributed by atoms with Crippen LogP contribution in [0.5, 0.6) is 5.75 Å². The van der Waals surface area contributed by atoms with E-state index in [2.05, 4.69) is 22.2 Å². The summed E-state index contributed by atoms with van der Waals surface area (Å²) in [4.78, 5) is 8.13. The van der Waals surface area contributed by atoms with E-state index in [0.717, 1.165) is 24.5 Å². The van der Waals surface area contributed by atoms with Crippen LogP contribution in [0.3, 0.4) is 0 Å². The molecular formula is C13H16N4O. The van der Waals surface area contributed by atoms with E-state index in [-0.39, 0.29) is 0 Å².